The van der Waals surface area contributed by atoms with Gasteiger partial charge < -0.3 is 15.5 Å². The molecule has 8 heteroatoms. The number of rotatable bonds is 6. The van der Waals surface area contributed by atoms with E-state index in [4.69, 9.17) is 14.8 Å². The predicted octanol–water partition coefficient (Wildman–Crippen LogP) is -0.0903. The molecule has 19 heavy (non-hydrogen) atoms. The fourth-order valence-electron chi connectivity index (χ4n) is 0.887. The molecule has 0 aromatic carbocycles. The summed E-state index contributed by atoms with van der Waals surface area (Å²) >= 11 is 0. The summed E-state index contributed by atoms with van der Waals surface area (Å²) in [5, 5.41) is 19.2. The molecule has 0 saturated heterocycles. The van der Waals surface area contributed by atoms with Crippen molar-refractivity contribution in [2.24, 2.45) is 5.92 Å². The molecule has 0 fully saturated rings. The average Bonchev–Trinajstić information content (AvgIpc) is 2.13. The first-order valence-electron chi connectivity index (χ1n) is 5.70. The van der Waals surface area contributed by atoms with E-state index in [0.29, 0.717) is 5.57 Å². The van der Waals surface area contributed by atoms with Gasteiger partial charge in [0.1, 0.15) is 0 Å². The van der Waals surface area contributed by atoms with Crippen molar-refractivity contribution in [3.05, 3.63) is 12.2 Å². The minimum Gasteiger partial charge on any atom is -0.368 e. The second-order valence-electron chi connectivity index (χ2n) is 4.45. The second-order valence-corrected chi connectivity index (χ2v) is 5.95. The van der Waals surface area contributed by atoms with Crippen molar-refractivity contribution < 1.29 is 28.0 Å². The minimum atomic E-state index is -3.72. The fraction of sp³-hybridized carbons (Fsp3) is 0.727. The zero-order valence-corrected chi connectivity index (χ0v) is 12.3. The lowest BCUT2D eigenvalue weighted by molar-refractivity contribution is -0.117. The number of aliphatic hydroxyl groups excluding tert-OH is 1. The van der Waals surface area contributed by atoms with Gasteiger partial charge in [0.2, 0.25) is 5.91 Å². The van der Waals surface area contributed by atoms with Crippen LogP contribution in [0.1, 0.15) is 27.2 Å². The van der Waals surface area contributed by atoms with Gasteiger partial charge in [-0.3, -0.25) is 9.35 Å². The molecule has 0 rings (SSSR count). The van der Waals surface area contributed by atoms with Gasteiger partial charge in [0.25, 0.3) is 10.1 Å². The molecule has 0 aliphatic carbocycles. The van der Waals surface area contributed by atoms with Crippen LogP contribution in [0.15, 0.2) is 12.2 Å². The van der Waals surface area contributed by atoms with E-state index in [9.17, 15) is 13.2 Å². The third-order valence-corrected chi connectivity index (χ3v) is 2.71. The molecular weight excluding hydrogens is 274 g/mol. The van der Waals surface area contributed by atoms with Gasteiger partial charge in [-0.25, -0.2) is 0 Å². The first-order valence-corrected chi connectivity index (χ1v) is 7.31. The molecule has 0 saturated carbocycles. The van der Waals surface area contributed by atoms with Crippen LogP contribution >= 0.6 is 0 Å². The Morgan fingerprint density at radius 2 is 1.79 bits per heavy atom. The highest BCUT2D eigenvalue weighted by molar-refractivity contribution is 7.85. The van der Waals surface area contributed by atoms with E-state index >= 15 is 0 Å². The number of nitrogens with one attached hydrogen (secondary N) is 1. The molecule has 114 valence electrons. The topological polar surface area (TPSA) is 124 Å². The number of aliphatic hydroxyl groups is 2. The molecule has 0 aliphatic heterocycles. The maximum Gasteiger partial charge on any atom is 0.265 e. The maximum atomic E-state index is 10.8. The van der Waals surface area contributed by atoms with Gasteiger partial charge in [0.15, 0.2) is 6.29 Å². The molecule has 0 aromatic heterocycles. The number of carbonyl (C=O) groups is 1. The van der Waals surface area contributed by atoms with Gasteiger partial charge in [-0.15, -0.1) is 0 Å². The van der Waals surface area contributed by atoms with Gasteiger partial charge in [-0.05, 0) is 12.8 Å². The highest BCUT2D eigenvalue weighted by atomic mass is 32.2. The summed E-state index contributed by atoms with van der Waals surface area (Å²) in [6, 6.07) is 0. The summed E-state index contributed by atoms with van der Waals surface area (Å²) in [6.07, 6.45) is -1.22. The molecule has 0 aliphatic rings. The largest absolute Gasteiger partial charge is 0.368 e. The van der Waals surface area contributed by atoms with Gasteiger partial charge in [-0.2, -0.15) is 8.42 Å². The first kappa shape index (κ1) is 20.4. The van der Waals surface area contributed by atoms with Crippen LogP contribution in [0, 0.1) is 5.92 Å². The number of hydrogen-bond acceptors (Lipinski definition) is 5. The summed E-state index contributed by atoms with van der Waals surface area (Å²) in [5.74, 6) is -0.400. The second kappa shape index (κ2) is 9.90. The van der Waals surface area contributed by atoms with Crippen molar-refractivity contribution in [2.75, 3.05) is 12.3 Å². The molecule has 0 aromatic rings. The van der Waals surface area contributed by atoms with E-state index in [2.05, 4.69) is 11.9 Å². The van der Waals surface area contributed by atoms with E-state index < -0.39 is 16.4 Å². The minimum absolute atomic E-state index is 0.00463. The predicted molar refractivity (Wildman–Crippen MR) is 71.9 cm³/mol. The Labute approximate surface area is 114 Å². The molecular formula is C11H23NO6S. The van der Waals surface area contributed by atoms with E-state index in [1.165, 1.54) is 0 Å². The lowest BCUT2D eigenvalue weighted by Gasteiger charge is -2.04. The summed E-state index contributed by atoms with van der Waals surface area (Å²) in [4.78, 5) is 10.8. The van der Waals surface area contributed by atoms with Crippen LogP contribution in [0.4, 0.5) is 0 Å². The van der Waals surface area contributed by atoms with Crippen molar-refractivity contribution in [2.45, 2.75) is 33.5 Å². The first-order chi connectivity index (χ1) is 8.45. The highest BCUT2D eigenvalue weighted by Crippen LogP contribution is 1.95. The molecule has 0 radical (unpaired) electrons. The Kier molecular flexibility index (Phi) is 10.6. The summed E-state index contributed by atoms with van der Waals surface area (Å²) < 4.78 is 28.2. The zero-order chi connectivity index (χ0) is 15.6. The third kappa shape index (κ3) is 19.6. The molecule has 0 spiro atoms. The Morgan fingerprint density at radius 1 is 1.32 bits per heavy atom. The van der Waals surface area contributed by atoms with Crippen LogP contribution in [-0.4, -0.2) is 47.7 Å². The molecule has 0 atom stereocenters. The molecule has 7 nitrogen and oxygen atoms in total. The van der Waals surface area contributed by atoms with Gasteiger partial charge in [0.05, 0.1) is 5.75 Å². The van der Waals surface area contributed by atoms with E-state index in [1.807, 2.05) is 0 Å². The summed E-state index contributed by atoms with van der Waals surface area (Å²) in [6.45, 7) is 8.72. The number of amides is 1. The van der Waals surface area contributed by atoms with E-state index in [1.54, 1.807) is 20.8 Å². The normalized spacial score (nSPS) is 10.9. The van der Waals surface area contributed by atoms with Crippen molar-refractivity contribution in [1.82, 2.24) is 5.32 Å². The SMILES string of the molecule is C=C(C)C(=O)NCCC(O)O.CC(C)CS(=O)(=O)O. The standard InChI is InChI=1S/C7H13NO3.C4H10O3S/c1-5(2)7(11)8-4-3-6(9)10;1-4(2)3-8(5,6)7/h6,9-10H,1,3-4H2,2H3,(H,8,11);4H,3H2,1-2H3,(H,5,6,7). The number of carbonyl (C=O) groups excluding carboxylic acids is 1. The van der Waals surface area contributed by atoms with Crippen molar-refractivity contribution in [3.63, 3.8) is 0 Å². The lowest BCUT2D eigenvalue weighted by atomic mass is 10.3. The molecule has 4 N–H and O–H groups in total. The lowest BCUT2D eigenvalue weighted by Crippen LogP contribution is -2.27. The van der Waals surface area contributed by atoms with Crippen LogP contribution < -0.4 is 5.32 Å². The highest BCUT2D eigenvalue weighted by Gasteiger charge is 2.06. The summed E-state index contributed by atoms with van der Waals surface area (Å²) in [5.41, 5.74) is 0.414. The van der Waals surface area contributed by atoms with Crippen LogP contribution in [0.3, 0.4) is 0 Å². The monoisotopic (exact) mass is 297 g/mol. The van der Waals surface area contributed by atoms with Crippen LogP contribution in [0.25, 0.3) is 0 Å². The van der Waals surface area contributed by atoms with Crippen molar-refractivity contribution in [1.29, 1.82) is 0 Å². The smallest absolute Gasteiger partial charge is 0.265 e. The van der Waals surface area contributed by atoms with Crippen LogP contribution in [0.2, 0.25) is 0 Å². The van der Waals surface area contributed by atoms with Gasteiger partial charge >= 0.3 is 0 Å². The quantitative estimate of drug-likeness (QED) is 0.308. The molecule has 1 amide bonds. The van der Waals surface area contributed by atoms with E-state index in [0.717, 1.165) is 0 Å². The molecule has 0 bridgehead atoms. The Bertz CT molecular complexity index is 375. The maximum absolute atomic E-state index is 10.8. The Balaban J connectivity index is 0. The van der Waals surface area contributed by atoms with Crippen LogP contribution in [-0.2, 0) is 14.9 Å². The molecule has 0 heterocycles. The van der Waals surface area contributed by atoms with Gasteiger partial charge in [-0.1, -0.05) is 20.4 Å². The summed E-state index contributed by atoms with van der Waals surface area (Å²) in [7, 11) is -3.72. The Hall–Kier alpha value is -0.960. The van der Waals surface area contributed by atoms with E-state index in [-0.39, 0.29) is 30.5 Å². The Morgan fingerprint density at radius 3 is 2.00 bits per heavy atom. The van der Waals surface area contributed by atoms with Crippen LogP contribution in [0.5, 0.6) is 0 Å². The average molecular weight is 297 g/mol. The molecule has 0 unspecified atom stereocenters. The zero-order valence-electron chi connectivity index (χ0n) is 11.5. The van der Waals surface area contributed by atoms with Gasteiger partial charge in [0, 0.05) is 18.5 Å². The number of hydrogen-bond donors (Lipinski definition) is 4. The third-order valence-electron chi connectivity index (χ3n) is 1.62. The van der Waals surface area contributed by atoms with Crippen molar-refractivity contribution in [3.8, 4) is 0 Å². The fourth-order valence-corrected chi connectivity index (χ4v) is 1.73. The van der Waals surface area contributed by atoms with Crippen molar-refractivity contribution >= 4 is 16.0 Å².